The van der Waals surface area contributed by atoms with Crippen LogP contribution in [0.2, 0.25) is 5.02 Å². The lowest BCUT2D eigenvalue weighted by molar-refractivity contribution is 0.138. The maximum absolute atomic E-state index is 10.4. The van der Waals surface area contributed by atoms with Crippen LogP contribution < -0.4 is 15.8 Å². The van der Waals surface area contributed by atoms with Crippen molar-refractivity contribution in [3.05, 3.63) is 27.8 Å². The van der Waals surface area contributed by atoms with Gasteiger partial charge in [0.2, 0.25) is 0 Å². The van der Waals surface area contributed by atoms with Crippen molar-refractivity contribution >= 4 is 11.6 Å². The molecule has 1 rings (SSSR count). The summed E-state index contributed by atoms with van der Waals surface area (Å²) in [4.78, 5) is 0. The van der Waals surface area contributed by atoms with Gasteiger partial charge < -0.3 is 20.9 Å². The van der Waals surface area contributed by atoms with Gasteiger partial charge in [0, 0.05) is 16.6 Å². The molecule has 0 amide bonds. The van der Waals surface area contributed by atoms with E-state index in [1.807, 2.05) is 27.0 Å². The van der Waals surface area contributed by atoms with E-state index in [1.54, 1.807) is 7.11 Å². The number of nitrogens with one attached hydrogen (secondary N) is 1. The Kier molecular flexibility index (Phi) is 6.07. The Morgan fingerprint density at radius 3 is 2.63 bits per heavy atom. The average molecular weight is 287 g/mol. The number of rotatable bonds is 6. The quantitative estimate of drug-likeness (QED) is 0.748. The normalized spacial score (nSPS) is 14.3. The molecule has 0 spiro atoms. The lowest BCUT2D eigenvalue weighted by atomic mass is 9.94. The highest BCUT2D eigenvalue weighted by atomic mass is 35.5. The second-order valence-electron chi connectivity index (χ2n) is 4.75. The number of hydrogen-bond acceptors (Lipinski definition) is 4. The third-order valence-electron chi connectivity index (χ3n) is 3.34. The molecule has 0 aromatic heterocycles. The number of methoxy groups -OCH3 is 1. The molecule has 0 saturated heterocycles. The van der Waals surface area contributed by atoms with Gasteiger partial charge in [-0.25, -0.2) is 0 Å². The standard InChI is InChI=1S/C14H23ClN2O2/c1-8-7-11(19-4)12(9(2)13(8)15)14(18)10(16)5-6-17-3/h7,10,14,17-18H,5-6,16H2,1-4H3. The zero-order valence-corrected chi connectivity index (χ0v) is 12.7. The minimum atomic E-state index is -0.790. The lowest BCUT2D eigenvalue weighted by Crippen LogP contribution is -2.32. The molecule has 4 nitrogen and oxygen atoms in total. The summed E-state index contributed by atoms with van der Waals surface area (Å²) in [5, 5.41) is 14.1. The summed E-state index contributed by atoms with van der Waals surface area (Å²) in [6.07, 6.45) is -0.118. The molecular weight excluding hydrogens is 264 g/mol. The van der Waals surface area contributed by atoms with Crippen molar-refractivity contribution in [1.29, 1.82) is 0 Å². The molecule has 2 unspecified atom stereocenters. The van der Waals surface area contributed by atoms with E-state index in [0.717, 1.165) is 17.7 Å². The molecule has 0 aliphatic heterocycles. The van der Waals surface area contributed by atoms with E-state index in [1.165, 1.54) is 0 Å². The van der Waals surface area contributed by atoms with Crippen molar-refractivity contribution in [1.82, 2.24) is 5.32 Å². The van der Waals surface area contributed by atoms with E-state index in [0.29, 0.717) is 22.8 Å². The Bertz CT molecular complexity index is 438. The number of aryl methyl sites for hydroxylation is 1. The van der Waals surface area contributed by atoms with Crippen LogP contribution in [0.3, 0.4) is 0 Å². The monoisotopic (exact) mass is 286 g/mol. The van der Waals surface area contributed by atoms with Gasteiger partial charge in [-0.2, -0.15) is 0 Å². The van der Waals surface area contributed by atoms with Gasteiger partial charge in [-0.05, 0) is 51.1 Å². The van der Waals surface area contributed by atoms with E-state index in [2.05, 4.69) is 5.32 Å². The zero-order chi connectivity index (χ0) is 14.6. The number of nitrogens with two attached hydrogens (primary N) is 1. The number of aliphatic hydroxyl groups excluding tert-OH is 1. The fourth-order valence-electron chi connectivity index (χ4n) is 2.16. The van der Waals surface area contributed by atoms with Crippen LogP contribution in [0.4, 0.5) is 0 Å². The van der Waals surface area contributed by atoms with E-state index >= 15 is 0 Å². The van der Waals surface area contributed by atoms with Gasteiger partial charge in [-0.15, -0.1) is 0 Å². The first-order chi connectivity index (χ1) is 8.93. The molecular formula is C14H23ClN2O2. The van der Waals surface area contributed by atoms with Crippen LogP contribution in [0.25, 0.3) is 0 Å². The highest BCUT2D eigenvalue weighted by Crippen LogP contribution is 2.36. The van der Waals surface area contributed by atoms with Crippen molar-refractivity contribution in [2.75, 3.05) is 20.7 Å². The first-order valence-electron chi connectivity index (χ1n) is 6.35. The van der Waals surface area contributed by atoms with Crippen molar-refractivity contribution in [3.63, 3.8) is 0 Å². The number of aliphatic hydroxyl groups is 1. The minimum absolute atomic E-state index is 0.362. The summed E-state index contributed by atoms with van der Waals surface area (Å²) in [6, 6.07) is 1.47. The Balaban J connectivity index is 3.14. The van der Waals surface area contributed by atoms with Crippen molar-refractivity contribution < 1.29 is 9.84 Å². The van der Waals surface area contributed by atoms with Crippen LogP contribution in [0.1, 0.15) is 29.2 Å². The van der Waals surface area contributed by atoms with Gasteiger partial charge in [-0.1, -0.05) is 11.6 Å². The Hall–Kier alpha value is -0.810. The number of benzene rings is 1. The summed E-state index contributed by atoms with van der Waals surface area (Å²) < 4.78 is 5.35. The minimum Gasteiger partial charge on any atom is -0.496 e. The molecule has 19 heavy (non-hydrogen) atoms. The van der Waals surface area contributed by atoms with Crippen molar-refractivity contribution in [3.8, 4) is 5.75 Å². The fourth-order valence-corrected chi connectivity index (χ4v) is 2.31. The molecule has 5 heteroatoms. The molecule has 2 atom stereocenters. The van der Waals surface area contributed by atoms with Crippen LogP contribution in [0.5, 0.6) is 5.75 Å². The fraction of sp³-hybridized carbons (Fsp3) is 0.571. The third-order valence-corrected chi connectivity index (χ3v) is 3.92. The van der Waals surface area contributed by atoms with Gasteiger partial charge in [0.25, 0.3) is 0 Å². The average Bonchev–Trinajstić information content (AvgIpc) is 2.40. The summed E-state index contributed by atoms with van der Waals surface area (Å²) in [5.41, 5.74) is 8.46. The molecule has 108 valence electrons. The Morgan fingerprint density at radius 2 is 2.11 bits per heavy atom. The van der Waals surface area contributed by atoms with Gasteiger partial charge in [0.15, 0.2) is 0 Å². The molecule has 4 N–H and O–H groups in total. The molecule has 0 fully saturated rings. The Morgan fingerprint density at radius 1 is 1.47 bits per heavy atom. The first-order valence-corrected chi connectivity index (χ1v) is 6.73. The molecule has 1 aromatic rings. The van der Waals surface area contributed by atoms with Crippen molar-refractivity contribution in [2.24, 2.45) is 5.73 Å². The summed E-state index contributed by atoms with van der Waals surface area (Å²) in [5.74, 6) is 0.631. The van der Waals surface area contributed by atoms with Crippen LogP contribution in [-0.2, 0) is 0 Å². The van der Waals surface area contributed by atoms with E-state index in [9.17, 15) is 5.11 Å². The lowest BCUT2D eigenvalue weighted by Gasteiger charge is -2.24. The summed E-state index contributed by atoms with van der Waals surface area (Å²) in [6.45, 7) is 4.54. The molecule has 0 saturated carbocycles. The van der Waals surface area contributed by atoms with Crippen molar-refractivity contribution in [2.45, 2.75) is 32.4 Å². The predicted molar refractivity (Wildman–Crippen MR) is 79.0 cm³/mol. The largest absolute Gasteiger partial charge is 0.496 e. The zero-order valence-electron chi connectivity index (χ0n) is 12.0. The van der Waals surface area contributed by atoms with E-state index < -0.39 is 6.10 Å². The number of halogens is 1. The number of ether oxygens (including phenoxy) is 1. The second-order valence-corrected chi connectivity index (χ2v) is 5.13. The number of hydrogen-bond donors (Lipinski definition) is 3. The first kappa shape index (κ1) is 16.2. The second kappa shape index (κ2) is 7.10. The van der Waals surface area contributed by atoms with Crippen LogP contribution >= 0.6 is 11.6 Å². The topological polar surface area (TPSA) is 67.5 Å². The van der Waals surface area contributed by atoms with Gasteiger partial charge >= 0.3 is 0 Å². The molecule has 0 aliphatic rings. The molecule has 0 bridgehead atoms. The van der Waals surface area contributed by atoms with Gasteiger partial charge in [0.1, 0.15) is 5.75 Å². The van der Waals surface area contributed by atoms with E-state index in [-0.39, 0.29) is 6.04 Å². The van der Waals surface area contributed by atoms with Gasteiger partial charge in [-0.3, -0.25) is 0 Å². The van der Waals surface area contributed by atoms with Crippen LogP contribution in [-0.4, -0.2) is 31.9 Å². The van der Waals surface area contributed by atoms with Crippen LogP contribution in [0, 0.1) is 13.8 Å². The summed E-state index contributed by atoms with van der Waals surface area (Å²) >= 11 is 6.25. The molecule has 0 heterocycles. The SMILES string of the molecule is CNCCC(N)C(O)c1c(OC)cc(C)c(Cl)c1C. The Labute approximate surface area is 119 Å². The maximum atomic E-state index is 10.4. The third kappa shape index (κ3) is 3.60. The summed E-state index contributed by atoms with van der Waals surface area (Å²) in [7, 11) is 3.44. The smallest absolute Gasteiger partial charge is 0.125 e. The van der Waals surface area contributed by atoms with E-state index in [4.69, 9.17) is 22.1 Å². The maximum Gasteiger partial charge on any atom is 0.125 e. The molecule has 0 radical (unpaired) electrons. The van der Waals surface area contributed by atoms with Gasteiger partial charge in [0.05, 0.1) is 13.2 Å². The molecule has 1 aromatic carbocycles. The van der Waals surface area contributed by atoms with Crippen LogP contribution in [0.15, 0.2) is 6.07 Å². The highest BCUT2D eigenvalue weighted by molar-refractivity contribution is 6.32. The predicted octanol–water partition coefficient (Wildman–Crippen LogP) is 1.94. The molecule has 0 aliphatic carbocycles. The highest BCUT2D eigenvalue weighted by Gasteiger charge is 2.24.